The molecule has 2 amide bonds. The molecule has 0 atom stereocenters. The summed E-state index contributed by atoms with van der Waals surface area (Å²) in [6.45, 7) is 1.35. The molecular weight excluding hydrogens is 356 g/mol. The number of hydrogen-bond donors (Lipinski definition) is 2. The van der Waals surface area contributed by atoms with Crippen molar-refractivity contribution in [2.24, 2.45) is 0 Å². The second-order valence-corrected chi connectivity index (χ2v) is 5.89. The first kappa shape index (κ1) is 17.6. The van der Waals surface area contributed by atoms with Gasteiger partial charge in [0.05, 0.1) is 0 Å². The van der Waals surface area contributed by atoms with Crippen LogP contribution in [0.4, 0.5) is 11.4 Å². The molecule has 1 aromatic heterocycles. The fourth-order valence-electron chi connectivity index (χ4n) is 2.19. The van der Waals surface area contributed by atoms with Gasteiger partial charge >= 0.3 is 0 Å². The van der Waals surface area contributed by atoms with Gasteiger partial charge in [-0.3, -0.25) is 9.59 Å². The molecule has 0 saturated carbocycles. The molecule has 132 valence electrons. The van der Waals surface area contributed by atoms with Crippen molar-refractivity contribution >= 4 is 34.8 Å². The summed E-state index contributed by atoms with van der Waals surface area (Å²) in [7, 11) is 0. The van der Waals surface area contributed by atoms with Crippen molar-refractivity contribution in [3.8, 4) is 11.4 Å². The van der Waals surface area contributed by atoms with Gasteiger partial charge < -0.3 is 10.6 Å². The van der Waals surface area contributed by atoms with Crippen LogP contribution in [-0.2, 0) is 16.1 Å². The van der Waals surface area contributed by atoms with Gasteiger partial charge in [-0.15, -0.1) is 10.2 Å². The van der Waals surface area contributed by atoms with E-state index >= 15 is 0 Å². The molecule has 3 rings (SSSR count). The van der Waals surface area contributed by atoms with Crippen molar-refractivity contribution in [3.05, 3.63) is 53.6 Å². The van der Waals surface area contributed by atoms with Crippen LogP contribution >= 0.6 is 11.6 Å². The Balaban J connectivity index is 1.60. The second kappa shape index (κ2) is 7.75. The Bertz CT molecular complexity index is 921. The molecule has 0 aliphatic rings. The molecule has 0 unspecified atom stereocenters. The van der Waals surface area contributed by atoms with Gasteiger partial charge in [0.25, 0.3) is 0 Å². The van der Waals surface area contributed by atoms with Crippen molar-refractivity contribution in [1.29, 1.82) is 0 Å². The Morgan fingerprint density at radius 2 is 1.62 bits per heavy atom. The molecule has 3 aromatic rings. The Labute approximate surface area is 154 Å². The first-order valence-corrected chi connectivity index (χ1v) is 8.08. The van der Waals surface area contributed by atoms with Crippen LogP contribution in [0, 0.1) is 0 Å². The van der Waals surface area contributed by atoms with Crippen molar-refractivity contribution < 1.29 is 9.59 Å². The fourth-order valence-corrected chi connectivity index (χ4v) is 2.32. The molecule has 0 fully saturated rings. The molecular formula is C17H15ClN6O2. The highest BCUT2D eigenvalue weighted by molar-refractivity contribution is 6.30. The predicted octanol–water partition coefficient (Wildman–Crippen LogP) is 2.59. The van der Waals surface area contributed by atoms with Crippen molar-refractivity contribution in [2.45, 2.75) is 13.5 Å². The van der Waals surface area contributed by atoms with Gasteiger partial charge in [0, 0.05) is 28.9 Å². The lowest BCUT2D eigenvalue weighted by atomic mass is 10.2. The number of anilines is 2. The summed E-state index contributed by atoms with van der Waals surface area (Å²) < 4.78 is 0. The van der Waals surface area contributed by atoms with Gasteiger partial charge in [-0.1, -0.05) is 11.6 Å². The largest absolute Gasteiger partial charge is 0.326 e. The lowest BCUT2D eigenvalue weighted by Gasteiger charge is -2.06. The molecule has 1 heterocycles. The van der Waals surface area contributed by atoms with Crippen LogP contribution in [0.3, 0.4) is 0 Å². The minimum absolute atomic E-state index is 0.0754. The second-order valence-electron chi connectivity index (χ2n) is 5.46. The smallest absolute Gasteiger partial charge is 0.248 e. The van der Waals surface area contributed by atoms with Crippen LogP contribution in [0.15, 0.2) is 48.5 Å². The van der Waals surface area contributed by atoms with E-state index in [2.05, 4.69) is 26.0 Å². The molecule has 26 heavy (non-hydrogen) atoms. The van der Waals surface area contributed by atoms with E-state index in [4.69, 9.17) is 11.6 Å². The Hall–Kier alpha value is -3.26. The number of carbonyl (C=O) groups is 2. The predicted molar refractivity (Wildman–Crippen MR) is 97.6 cm³/mol. The van der Waals surface area contributed by atoms with E-state index in [-0.39, 0.29) is 18.4 Å². The lowest BCUT2D eigenvalue weighted by molar-refractivity contribution is -0.117. The summed E-state index contributed by atoms with van der Waals surface area (Å²) in [6, 6.07) is 13.8. The number of hydrogen-bond acceptors (Lipinski definition) is 5. The van der Waals surface area contributed by atoms with E-state index in [9.17, 15) is 9.59 Å². The Kier molecular flexibility index (Phi) is 5.23. The maximum Gasteiger partial charge on any atom is 0.248 e. The highest BCUT2D eigenvalue weighted by Gasteiger charge is 2.10. The Morgan fingerprint density at radius 3 is 2.23 bits per heavy atom. The lowest BCUT2D eigenvalue weighted by Crippen LogP contribution is -2.20. The molecule has 2 N–H and O–H groups in total. The average Bonchev–Trinajstić information content (AvgIpc) is 3.05. The van der Waals surface area contributed by atoms with E-state index in [1.165, 1.54) is 11.7 Å². The summed E-state index contributed by atoms with van der Waals surface area (Å²) in [5.74, 6) is -0.0398. The number of amides is 2. The highest BCUT2D eigenvalue weighted by Crippen LogP contribution is 2.17. The summed E-state index contributed by atoms with van der Waals surface area (Å²) in [4.78, 5) is 24.3. The molecule has 0 saturated heterocycles. The van der Waals surface area contributed by atoms with Crippen LogP contribution in [0.25, 0.3) is 11.4 Å². The summed E-state index contributed by atoms with van der Waals surface area (Å²) in [6.07, 6.45) is 0. The van der Waals surface area contributed by atoms with Crippen LogP contribution in [0.1, 0.15) is 6.92 Å². The topological polar surface area (TPSA) is 102 Å². The zero-order valence-corrected chi connectivity index (χ0v) is 14.6. The maximum atomic E-state index is 12.1. The first-order valence-electron chi connectivity index (χ1n) is 7.71. The number of benzene rings is 2. The zero-order chi connectivity index (χ0) is 18.5. The number of carbonyl (C=O) groups excluding carboxylic acids is 2. The van der Waals surface area contributed by atoms with Crippen molar-refractivity contribution in [3.63, 3.8) is 0 Å². The van der Waals surface area contributed by atoms with Crippen molar-refractivity contribution in [2.75, 3.05) is 10.6 Å². The third-order valence-corrected chi connectivity index (χ3v) is 3.58. The van der Waals surface area contributed by atoms with Crippen LogP contribution < -0.4 is 10.6 Å². The molecule has 0 spiro atoms. The van der Waals surface area contributed by atoms with E-state index in [0.29, 0.717) is 22.2 Å². The average molecular weight is 371 g/mol. The first-order chi connectivity index (χ1) is 12.5. The van der Waals surface area contributed by atoms with E-state index < -0.39 is 0 Å². The third kappa shape index (κ3) is 4.64. The van der Waals surface area contributed by atoms with Gasteiger partial charge in [-0.2, -0.15) is 4.80 Å². The monoisotopic (exact) mass is 370 g/mol. The number of tetrazole rings is 1. The van der Waals surface area contributed by atoms with E-state index in [0.717, 1.165) is 5.56 Å². The molecule has 9 heteroatoms. The van der Waals surface area contributed by atoms with Gasteiger partial charge in [-0.05, 0) is 53.7 Å². The van der Waals surface area contributed by atoms with Crippen LogP contribution in [-0.4, -0.2) is 32.0 Å². The normalized spacial score (nSPS) is 10.4. The summed E-state index contributed by atoms with van der Waals surface area (Å²) >= 11 is 5.85. The molecule has 0 aliphatic carbocycles. The standard InChI is InChI=1S/C17H15ClN6O2/c1-11(25)19-14-6-8-15(9-7-14)20-16(26)10-24-22-17(21-23-24)12-2-4-13(18)5-3-12/h2-9H,10H2,1H3,(H,19,25)(H,20,26). The molecule has 0 radical (unpaired) electrons. The molecule has 0 aliphatic heterocycles. The number of nitrogens with one attached hydrogen (secondary N) is 2. The molecule has 2 aromatic carbocycles. The quantitative estimate of drug-likeness (QED) is 0.718. The molecule has 0 bridgehead atoms. The Morgan fingerprint density at radius 1 is 1.00 bits per heavy atom. The fraction of sp³-hybridized carbons (Fsp3) is 0.118. The minimum atomic E-state index is -0.294. The van der Waals surface area contributed by atoms with Gasteiger partial charge in [0.2, 0.25) is 17.6 Å². The molecule has 8 nitrogen and oxygen atoms in total. The SMILES string of the molecule is CC(=O)Nc1ccc(NC(=O)Cn2nnc(-c3ccc(Cl)cc3)n2)cc1. The third-order valence-electron chi connectivity index (χ3n) is 3.33. The number of rotatable bonds is 5. The van der Waals surface area contributed by atoms with Crippen molar-refractivity contribution in [1.82, 2.24) is 20.2 Å². The van der Waals surface area contributed by atoms with E-state index in [1.807, 2.05) is 0 Å². The van der Waals surface area contributed by atoms with Crippen LogP contribution in [0.5, 0.6) is 0 Å². The summed E-state index contributed by atoms with van der Waals surface area (Å²) in [5.41, 5.74) is 2.01. The van der Waals surface area contributed by atoms with Gasteiger partial charge in [0.1, 0.15) is 6.54 Å². The number of aromatic nitrogens is 4. The zero-order valence-electron chi connectivity index (χ0n) is 13.8. The highest BCUT2D eigenvalue weighted by atomic mass is 35.5. The van der Waals surface area contributed by atoms with Gasteiger partial charge in [0.15, 0.2) is 0 Å². The number of halogens is 1. The maximum absolute atomic E-state index is 12.1. The summed E-state index contributed by atoms with van der Waals surface area (Å²) in [5, 5.41) is 18.0. The van der Waals surface area contributed by atoms with E-state index in [1.54, 1.807) is 48.5 Å². The number of nitrogens with zero attached hydrogens (tertiary/aromatic N) is 4. The minimum Gasteiger partial charge on any atom is -0.326 e. The van der Waals surface area contributed by atoms with Crippen LogP contribution in [0.2, 0.25) is 5.02 Å². The van der Waals surface area contributed by atoms with Gasteiger partial charge in [-0.25, -0.2) is 0 Å².